The molecule has 0 aliphatic carbocycles. The molecule has 6 heteroatoms. The Bertz CT molecular complexity index is 790. The first-order valence-corrected chi connectivity index (χ1v) is 11.3. The molecule has 2 bridgehead atoms. The van der Waals surface area contributed by atoms with Crippen LogP contribution in [0.15, 0.2) is 60.7 Å². The Hall–Kier alpha value is -2.28. The lowest BCUT2D eigenvalue weighted by molar-refractivity contribution is -0.589. The second-order valence-corrected chi connectivity index (χ2v) is 8.91. The van der Waals surface area contributed by atoms with E-state index < -0.39 is 5.54 Å². The highest BCUT2D eigenvalue weighted by Gasteiger charge is 2.60. The lowest BCUT2D eigenvalue weighted by atomic mass is 9.69. The van der Waals surface area contributed by atoms with Gasteiger partial charge in [0, 0.05) is 42.3 Å². The maximum atomic E-state index is 12.2. The van der Waals surface area contributed by atoms with Crippen LogP contribution in [0.25, 0.3) is 0 Å². The van der Waals surface area contributed by atoms with Crippen molar-refractivity contribution in [3.8, 4) is 0 Å². The Morgan fingerprint density at radius 3 is 1.74 bits per heavy atom. The van der Waals surface area contributed by atoms with E-state index in [1.807, 2.05) is 60.7 Å². The van der Waals surface area contributed by atoms with Gasteiger partial charge in [0.15, 0.2) is 0 Å². The number of hydrogen-bond donors (Lipinski definition) is 0. The quantitative estimate of drug-likeness (QED) is 0.416. The van der Waals surface area contributed by atoms with Gasteiger partial charge in [-0.15, -0.1) is 0 Å². The van der Waals surface area contributed by atoms with Gasteiger partial charge in [0.2, 0.25) is 5.54 Å². The molecule has 0 spiro atoms. The highest BCUT2D eigenvalue weighted by Crippen LogP contribution is 2.46. The summed E-state index contributed by atoms with van der Waals surface area (Å²) in [6, 6.07) is 20.4. The molecule has 2 aromatic carbocycles. The van der Waals surface area contributed by atoms with Crippen molar-refractivity contribution in [2.24, 2.45) is 0 Å². The molecule has 31 heavy (non-hydrogen) atoms. The van der Waals surface area contributed by atoms with Crippen LogP contribution >= 0.6 is 0 Å². The first-order valence-electron chi connectivity index (χ1n) is 11.3. The molecule has 0 N–H and O–H groups in total. The summed E-state index contributed by atoms with van der Waals surface area (Å²) in [5.41, 5.74) is 1.38. The normalized spacial score (nSPS) is 29.7. The molecule has 0 aromatic heterocycles. The average molecular weight is 425 g/mol. The van der Waals surface area contributed by atoms with Crippen molar-refractivity contribution in [1.29, 1.82) is 0 Å². The number of benzene rings is 2. The van der Waals surface area contributed by atoms with Crippen LogP contribution in [0.5, 0.6) is 0 Å². The van der Waals surface area contributed by atoms with Crippen LogP contribution in [0.3, 0.4) is 0 Å². The Morgan fingerprint density at radius 1 is 0.871 bits per heavy atom. The smallest absolute Gasteiger partial charge is 0.226 e. The molecule has 3 fully saturated rings. The summed E-state index contributed by atoms with van der Waals surface area (Å²) >= 11 is 0. The fourth-order valence-corrected chi connectivity index (χ4v) is 5.42. The van der Waals surface area contributed by atoms with Gasteiger partial charge in [-0.1, -0.05) is 67.6 Å². The largest absolute Gasteiger partial charge is 0.375 e. The van der Waals surface area contributed by atoms with E-state index in [4.69, 9.17) is 9.47 Å². The van der Waals surface area contributed by atoms with E-state index in [-0.39, 0.29) is 23.0 Å². The predicted octanol–water partition coefficient (Wildman–Crippen LogP) is 4.45. The second-order valence-electron chi connectivity index (χ2n) is 8.91. The molecule has 3 atom stereocenters. The minimum atomic E-state index is -0.864. The maximum absolute atomic E-state index is 12.2. The molecule has 3 aliphatic heterocycles. The Labute approximate surface area is 184 Å². The fourth-order valence-electron chi connectivity index (χ4n) is 5.42. The summed E-state index contributed by atoms with van der Waals surface area (Å²) in [6.07, 6.45) is 2.64. The van der Waals surface area contributed by atoms with E-state index in [1.165, 1.54) is 0 Å². The van der Waals surface area contributed by atoms with E-state index in [9.17, 15) is 10.1 Å². The van der Waals surface area contributed by atoms with Gasteiger partial charge in [-0.3, -0.25) is 15.0 Å². The molecule has 3 saturated heterocycles. The molecule has 0 amide bonds. The van der Waals surface area contributed by atoms with Crippen molar-refractivity contribution in [2.45, 2.75) is 69.5 Å². The van der Waals surface area contributed by atoms with Gasteiger partial charge >= 0.3 is 0 Å². The number of rotatable bonds is 10. The molecule has 0 saturated carbocycles. The van der Waals surface area contributed by atoms with Crippen LogP contribution in [0.2, 0.25) is 0 Å². The number of fused-ring (bicyclic) bond motifs is 3. The third-order valence-electron chi connectivity index (χ3n) is 6.81. The van der Waals surface area contributed by atoms with Gasteiger partial charge < -0.3 is 9.47 Å². The standard InChI is InChI=1S/C25H32N2O4/c1-2-22-13-25(27(28)29)14-23(18-30-16-20-9-5-3-6-10-20)26(22)24(15-25)19-31-17-21-11-7-4-8-12-21/h3-12,22-24H,2,13-19H2,1H3. The zero-order chi connectivity index (χ0) is 21.7. The molecule has 3 heterocycles. The average Bonchev–Trinajstić information content (AvgIpc) is 2.80. The zero-order valence-electron chi connectivity index (χ0n) is 18.2. The van der Waals surface area contributed by atoms with Crippen LogP contribution in [0.4, 0.5) is 0 Å². The van der Waals surface area contributed by atoms with Crippen LogP contribution in [-0.2, 0) is 22.7 Å². The van der Waals surface area contributed by atoms with Crippen LogP contribution in [0, 0.1) is 10.1 Å². The second kappa shape index (κ2) is 9.90. The summed E-state index contributed by atoms with van der Waals surface area (Å²) in [4.78, 5) is 14.6. The minimum absolute atomic E-state index is 0.0133. The van der Waals surface area contributed by atoms with Gasteiger partial charge in [-0.2, -0.15) is 0 Å². The highest BCUT2D eigenvalue weighted by molar-refractivity contribution is 5.14. The van der Waals surface area contributed by atoms with E-state index in [1.54, 1.807) is 0 Å². The van der Waals surface area contributed by atoms with E-state index >= 15 is 0 Å². The van der Waals surface area contributed by atoms with Gasteiger partial charge in [0.05, 0.1) is 26.4 Å². The molecular weight excluding hydrogens is 392 g/mol. The van der Waals surface area contributed by atoms with E-state index in [0.717, 1.165) is 17.5 Å². The molecule has 3 aliphatic rings. The van der Waals surface area contributed by atoms with Gasteiger partial charge in [0.1, 0.15) is 0 Å². The van der Waals surface area contributed by atoms with Crippen LogP contribution in [-0.4, -0.2) is 46.7 Å². The summed E-state index contributed by atoms with van der Waals surface area (Å²) in [5, 5.41) is 12.2. The third kappa shape index (κ3) is 4.97. The Balaban J connectivity index is 1.44. The lowest BCUT2D eigenvalue weighted by Gasteiger charge is -2.56. The lowest BCUT2D eigenvalue weighted by Crippen LogP contribution is -2.70. The summed E-state index contributed by atoms with van der Waals surface area (Å²) in [6.45, 7) is 4.21. The van der Waals surface area contributed by atoms with Gasteiger partial charge in [0.25, 0.3) is 0 Å². The monoisotopic (exact) mass is 424 g/mol. The molecule has 6 nitrogen and oxygen atoms in total. The zero-order valence-corrected chi connectivity index (χ0v) is 18.2. The first kappa shape index (κ1) is 21.9. The van der Waals surface area contributed by atoms with Crippen molar-refractivity contribution in [2.75, 3.05) is 13.2 Å². The molecule has 166 valence electrons. The summed E-state index contributed by atoms with van der Waals surface area (Å²) < 4.78 is 12.1. The molecule has 3 unspecified atom stereocenters. The highest BCUT2D eigenvalue weighted by atomic mass is 16.6. The molecule has 2 aromatic rings. The van der Waals surface area contributed by atoms with Crippen molar-refractivity contribution < 1.29 is 14.4 Å². The number of hydrogen-bond acceptors (Lipinski definition) is 5. The van der Waals surface area contributed by atoms with Crippen molar-refractivity contribution in [1.82, 2.24) is 4.90 Å². The molecule has 5 rings (SSSR count). The predicted molar refractivity (Wildman–Crippen MR) is 119 cm³/mol. The van der Waals surface area contributed by atoms with E-state index in [2.05, 4.69) is 11.8 Å². The van der Waals surface area contributed by atoms with Gasteiger partial charge in [-0.25, -0.2) is 0 Å². The van der Waals surface area contributed by atoms with Gasteiger partial charge in [-0.05, 0) is 17.5 Å². The third-order valence-corrected chi connectivity index (χ3v) is 6.81. The Kier molecular flexibility index (Phi) is 7.00. The van der Waals surface area contributed by atoms with Crippen molar-refractivity contribution >= 4 is 0 Å². The SMILES string of the molecule is CCC1CC2([N+](=O)[O-])CC(COCc3ccccc3)N1C(COCc1ccccc1)C2. The van der Waals surface area contributed by atoms with Crippen molar-refractivity contribution in [3.05, 3.63) is 81.9 Å². The maximum Gasteiger partial charge on any atom is 0.226 e. The topological polar surface area (TPSA) is 64.8 Å². The van der Waals surface area contributed by atoms with Crippen molar-refractivity contribution in [3.63, 3.8) is 0 Å². The van der Waals surface area contributed by atoms with E-state index in [0.29, 0.717) is 45.7 Å². The molecule has 0 radical (unpaired) electrons. The number of piperidine rings is 3. The summed E-state index contributed by atoms with van der Waals surface area (Å²) in [5.74, 6) is 0. The minimum Gasteiger partial charge on any atom is -0.375 e. The van der Waals surface area contributed by atoms with Crippen LogP contribution in [0.1, 0.15) is 43.7 Å². The molecular formula is C25H32N2O4. The Morgan fingerprint density at radius 2 is 1.32 bits per heavy atom. The summed E-state index contributed by atoms with van der Waals surface area (Å²) in [7, 11) is 0. The number of nitrogens with zero attached hydrogens (tertiary/aromatic N) is 2. The number of ether oxygens (including phenoxy) is 2. The first-order chi connectivity index (χ1) is 15.1. The fraction of sp³-hybridized carbons (Fsp3) is 0.520. The number of nitro groups is 1. The van der Waals surface area contributed by atoms with Crippen LogP contribution < -0.4 is 0 Å².